The predicted molar refractivity (Wildman–Crippen MR) is 135 cm³/mol. The van der Waals surface area contributed by atoms with Crippen LogP contribution >= 0.6 is 0 Å². The quantitative estimate of drug-likeness (QED) is 0.443. The smallest absolute Gasteiger partial charge is 0.409 e. The first-order valence-corrected chi connectivity index (χ1v) is 12.3. The van der Waals surface area contributed by atoms with Gasteiger partial charge in [-0.05, 0) is 37.0 Å². The van der Waals surface area contributed by atoms with E-state index in [4.69, 9.17) is 9.47 Å². The fourth-order valence-corrected chi connectivity index (χ4v) is 4.36. The Hall–Kier alpha value is -4.01. The molecule has 1 saturated heterocycles. The average Bonchev–Trinajstić information content (AvgIpc) is 3.31. The first kappa shape index (κ1) is 25.1. The van der Waals surface area contributed by atoms with E-state index in [1.54, 1.807) is 11.8 Å². The van der Waals surface area contributed by atoms with Crippen LogP contribution in [0.4, 0.5) is 9.59 Å². The molecule has 4 rings (SSSR count). The number of ether oxygens (including phenoxy) is 2. The Balaban J connectivity index is 1.40. The van der Waals surface area contributed by atoms with Crippen LogP contribution in [-0.4, -0.2) is 59.8 Å². The van der Waals surface area contributed by atoms with Crippen LogP contribution < -0.4 is 10.6 Å². The zero-order chi connectivity index (χ0) is 25.3. The van der Waals surface area contributed by atoms with Gasteiger partial charge in [0.1, 0.15) is 12.6 Å². The van der Waals surface area contributed by atoms with Crippen LogP contribution in [0.3, 0.4) is 0 Å². The van der Waals surface area contributed by atoms with Crippen LogP contribution in [0.5, 0.6) is 0 Å². The minimum atomic E-state index is -0.824. The zero-order valence-corrected chi connectivity index (χ0v) is 20.4. The predicted octanol–water partition coefficient (Wildman–Crippen LogP) is 3.74. The number of amides is 3. The number of H-pyrrole nitrogens is 1. The molecule has 0 spiro atoms. The number of fused-ring (bicyclic) bond motifs is 1. The highest BCUT2D eigenvalue weighted by Crippen LogP contribution is 2.20. The fraction of sp³-hybridized carbons (Fsp3) is 0.370. The lowest BCUT2D eigenvalue weighted by atomic mass is 10.0. The van der Waals surface area contributed by atoms with Crippen molar-refractivity contribution in [2.45, 2.75) is 44.9 Å². The molecule has 0 aliphatic carbocycles. The number of benzene rings is 2. The molecule has 9 heteroatoms. The van der Waals surface area contributed by atoms with Crippen molar-refractivity contribution in [3.63, 3.8) is 0 Å². The molecule has 2 aromatic carbocycles. The summed E-state index contributed by atoms with van der Waals surface area (Å²) in [5, 5.41) is 6.80. The number of carbonyl (C=O) groups excluding carboxylic acids is 3. The van der Waals surface area contributed by atoms with Gasteiger partial charge in [0.25, 0.3) is 0 Å². The van der Waals surface area contributed by atoms with Crippen LogP contribution in [0.15, 0.2) is 60.8 Å². The minimum absolute atomic E-state index is 0.101. The van der Waals surface area contributed by atoms with Gasteiger partial charge < -0.3 is 30.0 Å². The number of carbonyl (C=O) groups is 3. The lowest BCUT2D eigenvalue weighted by molar-refractivity contribution is -0.124. The molecule has 3 aromatic rings. The van der Waals surface area contributed by atoms with E-state index in [0.29, 0.717) is 39.0 Å². The van der Waals surface area contributed by atoms with Crippen LogP contribution in [0.1, 0.15) is 30.9 Å². The summed E-state index contributed by atoms with van der Waals surface area (Å²) < 4.78 is 10.4. The number of nitrogens with zero attached hydrogens (tertiary/aromatic N) is 1. The second-order valence-electron chi connectivity index (χ2n) is 8.79. The lowest BCUT2D eigenvalue weighted by Gasteiger charge is -2.32. The van der Waals surface area contributed by atoms with Crippen molar-refractivity contribution in [2.24, 2.45) is 0 Å². The Morgan fingerprint density at radius 3 is 2.50 bits per heavy atom. The number of nitrogens with one attached hydrogen (secondary N) is 3. The van der Waals surface area contributed by atoms with Gasteiger partial charge >= 0.3 is 12.2 Å². The highest BCUT2D eigenvalue weighted by molar-refractivity contribution is 5.88. The monoisotopic (exact) mass is 492 g/mol. The van der Waals surface area contributed by atoms with Crippen LogP contribution in [0, 0.1) is 0 Å². The summed E-state index contributed by atoms with van der Waals surface area (Å²) in [5.74, 6) is -0.286. The molecule has 3 N–H and O–H groups in total. The topological polar surface area (TPSA) is 113 Å². The first-order valence-electron chi connectivity index (χ1n) is 12.3. The van der Waals surface area contributed by atoms with Gasteiger partial charge in [0.15, 0.2) is 0 Å². The maximum Gasteiger partial charge on any atom is 0.409 e. The van der Waals surface area contributed by atoms with Gasteiger partial charge in [0.05, 0.1) is 6.61 Å². The standard InChI is InChI=1S/C27H32N4O5/c1-2-35-27(34)31-14-12-21(13-15-31)29-25(32)24(16-20-17-28-23-11-7-6-10-22(20)23)30-26(33)36-18-19-8-4-3-5-9-19/h3-11,17,21,24,28H,2,12-16,18H2,1H3,(H,29,32)(H,30,33)/t24-/m0/s1. The minimum Gasteiger partial charge on any atom is -0.450 e. The summed E-state index contributed by atoms with van der Waals surface area (Å²) in [5.41, 5.74) is 2.74. The number of para-hydroxylation sites is 1. The van der Waals surface area contributed by atoms with Gasteiger partial charge in [0.2, 0.25) is 5.91 Å². The Bertz CT molecular complexity index is 1170. The molecule has 0 radical (unpaired) electrons. The molecule has 190 valence electrons. The summed E-state index contributed by atoms with van der Waals surface area (Å²) in [7, 11) is 0. The van der Waals surface area contributed by atoms with Gasteiger partial charge in [-0.2, -0.15) is 0 Å². The van der Waals surface area contributed by atoms with Crippen molar-refractivity contribution in [3.05, 3.63) is 71.9 Å². The first-order chi connectivity index (χ1) is 17.5. The maximum atomic E-state index is 13.3. The van der Waals surface area contributed by atoms with E-state index in [1.165, 1.54) is 0 Å². The summed E-state index contributed by atoms with van der Waals surface area (Å²) in [4.78, 5) is 42.7. The summed E-state index contributed by atoms with van der Waals surface area (Å²) in [6.45, 7) is 3.22. The molecule has 9 nitrogen and oxygen atoms in total. The third kappa shape index (κ3) is 6.56. The van der Waals surface area contributed by atoms with Crippen molar-refractivity contribution in [1.82, 2.24) is 20.5 Å². The third-order valence-electron chi connectivity index (χ3n) is 6.29. The van der Waals surface area contributed by atoms with E-state index < -0.39 is 12.1 Å². The Labute approximate surface area is 210 Å². The number of aromatic nitrogens is 1. The van der Waals surface area contributed by atoms with Gasteiger partial charge in [-0.1, -0.05) is 48.5 Å². The number of piperidine rings is 1. The van der Waals surface area contributed by atoms with E-state index >= 15 is 0 Å². The van der Waals surface area contributed by atoms with Crippen LogP contribution in [-0.2, 0) is 27.3 Å². The second kappa shape index (κ2) is 12.1. The maximum absolute atomic E-state index is 13.3. The Kier molecular flexibility index (Phi) is 8.44. The number of hydrogen-bond donors (Lipinski definition) is 3. The molecule has 0 saturated carbocycles. The highest BCUT2D eigenvalue weighted by atomic mass is 16.6. The summed E-state index contributed by atoms with van der Waals surface area (Å²) in [6.07, 6.45) is 2.40. The Morgan fingerprint density at radius 2 is 1.75 bits per heavy atom. The van der Waals surface area contributed by atoms with Crippen molar-refractivity contribution in [1.29, 1.82) is 0 Å². The number of aromatic amines is 1. The average molecular weight is 493 g/mol. The van der Waals surface area contributed by atoms with E-state index in [0.717, 1.165) is 22.0 Å². The molecule has 1 fully saturated rings. The van der Waals surface area contributed by atoms with Crippen LogP contribution in [0.2, 0.25) is 0 Å². The van der Waals surface area contributed by atoms with E-state index in [-0.39, 0.29) is 24.6 Å². The number of rotatable bonds is 8. The molecule has 3 amide bonds. The van der Waals surface area contributed by atoms with Crippen molar-refractivity contribution in [3.8, 4) is 0 Å². The molecule has 2 heterocycles. The second-order valence-corrected chi connectivity index (χ2v) is 8.79. The van der Waals surface area contributed by atoms with E-state index in [1.807, 2.05) is 60.8 Å². The molecule has 1 aromatic heterocycles. The SMILES string of the molecule is CCOC(=O)N1CCC(NC(=O)[C@H](Cc2c[nH]c3ccccc23)NC(=O)OCc2ccccc2)CC1. The molecule has 0 bridgehead atoms. The molecule has 1 aliphatic heterocycles. The summed E-state index contributed by atoms with van der Waals surface area (Å²) >= 11 is 0. The zero-order valence-electron chi connectivity index (χ0n) is 20.4. The van der Waals surface area contributed by atoms with E-state index in [2.05, 4.69) is 15.6 Å². The van der Waals surface area contributed by atoms with Gasteiger partial charge in [0, 0.05) is 42.7 Å². The normalized spacial score (nSPS) is 14.8. The summed E-state index contributed by atoms with van der Waals surface area (Å²) in [6, 6.07) is 16.3. The molecular weight excluding hydrogens is 460 g/mol. The number of likely N-dealkylation sites (tertiary alicyclic amines) is 1. The van der Waals surface area contributed by atoms with Gasteiger partial charge in [-0.15, -0.1) is 0 Å². The van der Waals surface area contributed by atoms with E-state index in [9.17, 15) is 14.4 Å². The lowest BCUT2D eigenvalue weighted by Crippen LogP contribution is -2.53. The molecular formula is C27H32N4O5. The van der Waals surface area contributed by atoms with Crippen molar-refractivity contribution < 1.29 is 23.9 Å². The number of alkyl carbamates (subject to hydrolysis) is 1. The van der Waals surface area contributed by atoms with Gasteiger partial charge in [-0.25, -0.2) is 9.59 Å². The van der Waals surface area contributed by atoms with Gasteiger partial charge in [-0.3, -0.25) is 4.79 Å². The highest BCUT2D eigenvalue weighted by Gasteiger charge is 2.29. The largest absolute Gasteiger partial charge is 0.450 e. The molecule has 1 aliphatic rings. The molecule has 36 heavy (non-hydrogen) atoms. The molecule has 0 unspecified atom stereocenters. The molecule has 1 atom stereocenters. The Morgan fingerprint density at radius 1 is 1.03 bits per heavy atom. The number of hydrogen-bond acceptors (Lipinski definition) is 5. The van der Waals surface area contributed by atoms with Crippen LogP contribution in [0.25, 0.3) is 10.9 Å². The van der Waals surface area contributed by atoms with Crippen molar-refractivity contribution >= 4 is 29.0 Å². The fourth-order valence-electron chi connectivity index (χ4n) is 4.36. The van der Waals surface area contributed by atoms with Crippen molar-refractivity contribution in [2.75, 3.05) is 19.7 Å². The third-order valence-corrected chi connectivity index (χ3v) is 6.29.